The van der Waals surface area contributed by atoms with Gasteiger partial charge >= 0.3 is 0 Å². The third-order valence-corrected chi connectivity index (χ3v) is 8.34. The second-order valence-corrected chi connectivity index (χ2v) is 10.2. The standard InChI is InChI=1S/C23H28N2O2S2/c26-22(17-27-21-6-2-1-5-20(21)23-28-13-14-29-23)24-15-18-7-9-19(10-8-18)16-25-11-3-4-12-25/h1-2,5-10,23H,3-4,11-17H2,(H,24,26). The normalized spacial score (nSPS) is 17.5. The van der Waals surface area contributed by atoms with E-state index >= 15 is 0 Å². The Bertz CT molecular complexity index is 801. The molecular weight excluding hydrogens is 400 g/mol. The largest absolute Gasteiger partial charge is 0.483 e. The van der Waals surface area contributed by atoms with Gasteiger partial charge in [-0.05, 0) is 43.1 Å². The van der Waals surface area contributed by atoms with Gasteiger partial charge in [-0.15, -0.1) is 23.5 Å². The zero-order valence-corrected chi connectivity index (χ0v) is 18.3. The summed E-state index contributed by atoms with van der Waals surface area (Å²) >= 11 is 3.88. The number of carbonyl (C=O) groups excluding carboxylic acids is 1. The molecule has 0 atom stereocenters. The number of hydrogen-bond acceptors (Lipinski definition) is 5. The van der Waals surface area contributed by atoms with Crippen LogP contribution in [0.25, 0.3) is 0 Å². The van der Waals surface area contributed by atoms with Gasteiger partial charge in [-0.2, -0.15) is 0 Å². The van der Waals surface area contributed by atoms with Gasteiger partial charge in [0.15, 0.2) is 6.61 Å². The first kappa shape index (κ1) is 20.6. The fourth-order valence-corrected chi connectivity index (χ4v) is 6.61. The predicted octanol–water partition coefficient (Wildman–Crippen LogP) is 4.46. The second kappa shape index (κ2) is 10.4. The number of ether oxygens (including phenoxy) is 1. The van der Waals surface area contributed by atoms with Crippen molar-refractivity contribution in [2.24, 2.45) is 0 Å². The van der Waals surface area contributed by atoms with E-state index in [1.807, 2.05) is 41.7 Å². The zero-order chi connectivity index (χ0) is 19.9. The van der Waals surface area contributed by atoms with Crippen molar-refractivity contribution in [2.45, 2.75) is 30.5 Å². The number of likely N-dealkylation sites (tertiary alicyclic amines) is 1. The van der Waals surface area contributed by atoms with Crippen LogP contribution in [0.5, 0.6) is 5.75 Å². The molecule has 0 aliphatic carbocycles. The molecule has 0 saturated carbocycles. The van der Waals surface area contributed by atoms with Crippen molar-refractivity contribution in [3.05, 3.63) is 65.2 Å². The summed E-state index contributed by atoms with van der Waals surface area (Å²) in [5.74, 6) is 3.07. The minimum Gasteiger partial charge on any atom is -0.483 e. The molecule has 2 aliphatic rings. The van der Waals surface area contributed by atoms with E-state index in [-0.39, 0.29) is 12.5 Å². The minimum atomic E-state index is -0.0901. The Balaban J connectivity index is 1.23. The third-order valence-electron chi connectivity index (χ3n) is 5.27. The Morgan fingerprint density at radius 3 is 2.45 bits per heavy atom. The van der Waals surface area contributed by atoms with E-state index in [0.717, 1.165) is 17.9 Å². The quantitative estimate of drug-likeness (QED) is 0.672. The number of para-hydroxylation sites is 1. The zero-order valence-electron chi connectivity index (χ0n) is 16.6. The molecule has 1 amide bonds. The van der Waals surface area contributed by atoms with Crippen molar-refractivity contribution < 1.29 is 9.53 Å². The first-order valence-electron chi connectivity index (χ1n) is 10.3. The predicted molar refractivity (Wildman–Crippen MR) is 122 cm³/mol. The maximum absolute atomic E-state index is 12.3. The van der Waals surface area contributed by atoms with Crippen LogP contribution in [0.3, 0.4) is 0 Å². The van der Waals surface area contributed by atoms with E-state index in [9.17, 15) is 4.79 Å². The Morgan fingerprint density at radius 1 is 1.00 bits per heavy atom. The van der Waals surface area contributed by atoms with Gasteiger partial charge in [-0.1, -0.05) is 42.5 Å². The molecule has 0 spiro atoms. The lowest BCUT2D eigenvalue weighted by molar-refractivity contribution is -0.123. The number of hydrogen-bond donors (Lipinski definition) is 1. The third kappa shape index (κ3) is 5.93. The van der Waals surface area contributed by atoms with Crippen molar-refractivity contribution in [1.82, 2.24) is 10.2 Å². The molecule has 2 fully saturated rings. The average Bonchev–Trinajstić information content (AvgIpc) is 3.46. The molecular formula is C23H28N2O2S2. The molecule has 0 bridgehead atoms. The smallest absolute Gasteiger partial charge is 0.258 e. The lowest BCUT2D eigenvalue weighted by Gasteiger charge is -2.15. The number of nitrogens with zero attached hydrogens (tertiary/aromatic N) is 1. The fraction of sp³-hybridized carbons (Fsp3) is 0.435. The van der Waals surface area contributed by atoms with Crippen LogP contribution < -0.4 is 10.1 Å². The number of rotatable bonds is 8. The molecule has 4 rings (SSSR count). The van der Waals surface area contributed by atoms with Crippen LogP contribution in [0, 0.1) is 0 Å². The van der Waals surface area contributed by atoms with E-state index in [4.69, 9.17) is 4.74 Å². The number of nitrogens with one attached hydrogen (secondary N) is 1. The highest BCUT2D eigenvalue weighted by Gasteiger charge is 2.21. The fourth-order valence-electron chi connectivity index (χ4n) is 3.70. The summed E-state index contributed by atoms with van der Waals surface area (Å²) in [5.41, 5.74) is 3.63. The van der Waals surface area contributed by atoms with Crippen LogP contribution in [-0.2, 0) is 17.9 Å². The van der Waals surface area contributed by atoms with Crippen LogP contribution in [0.1, 0.15) is 34.1 Å². The van der Waals surface area contributed by atoms with Crippen molar-refractivity contribution in [1.29, 1.82) is 0 Å². The summed E-state index contributed by atoms with van der Waals surface area (Å²) in [6.07, 6.45) is 2.63. The second-order valence-electron chi connectivity index (χ2n) is 7.48. The lowest BCUT2D eigenvalue weighted by atomic mass is 10.1. The Hall–Kier alpha value is -1.63. The van der Waals surface area contributed by atoms with Crippen LogP contribution >= 0.6 is 23.5 Å². The van der Waals surface area contributed by atoms with Crippen molar-refractivity contribution in [3.63, 3.8) is 0 Å². The van der Waals surface area contributed by atoms with Crippen molar-refractivity contribution >= 4 is 29.4 Å². The first-order valence-corrected chi connectivity index (χ1v) is 12.4. The topological polar surface area (TPSA) is 41.6 Å². The van der Waals surface area contributed by atoms with Gasteiger partial charge in [-0.3, -0.25) is 9.69 Å². The molecule has 154 valence electrons. The molecule has 2 aromatic carbocycles. The van der Waals surface area contributed by atoms with Gasteiger partial charge in [0.2, 0.25) is 0 Å². The van der Waals surface area contributed by atoms with Crippen LogP contribution in [0.15, 0.2) is 48.5 Å². The molecule has 2 aliphatic heterocycles. The molecule has 0 unspecified atom stereocenters. The van der Waals surface area contributed by atoms with Gasteiger partial charge in [-0.25, -0.2) is 0 Å². The molecule has 4 nitrogen and oxygen atoms in total. The Kier molecular flexibility index (Phi) is 7.41. The summed E-state index contributed by atoms with van der Waals surface area (Å²) < 4.78 is 6.26. The van der Waals surface area contributed by atoms with Gasteiger partial charge in [0.25, 0.3) is 5.91 Å². The number of amides is 1. The molecule has 1 N–H and O–H groups in total. The monoisotopic (exact) mass is 428 g/mol. The minimum absolute atomic E-state index is 0.0477. The van der Waals surface area contributed by atoms with Crippen molar-refractivity contribution in [3.8, 4) is 5.75 Å². The highest BCUT2D eigenvalue weighted by molar-refractivity contribution is 8.19. The summed E-state index contributed by atoms with van der Waals surface area (Å²) in [4.78, 5) is 14.8. The summed E-state index contributed by atoms with van der Waals surface area (Å²) in [6.45, 7) is 4.02. The summed E-state index contributed by atoms with van der Waals surface area (Å²) in [7, 11) is 0. The van der Waals surface area contributed by atoms with Crippen LogP contribution in [-0.4, -0.2) is 42.0 Å². The average molecular weight is 429 g/mol. The molecule has 29 heavy (non-hydrogen) atoms. The Morgan fingerprint density at radius 2 is 1.69 bits per heavy atom. The number of carbonyl (C=O) groups is 1. The molecule has 0 aromatic heterocycles. The molecule has 6 heteroatoms. The summed E-state index contributed by atoms with van der Waals surface area (Å²) in [5, 5.41) is 2.97. The van der Waals surface area contributed by atoms with E-state index in [0.29, 0.717) is 11.1 Å². The van der Waals surface area contributed by atoms with E-state index in [1.165, 1.54) is 48.6 Å². The number of thioether (sulfide) groups is 2. The van der Waals surface area contributed by atoms with E-state index in [1.54, 1.807) is 0 Å². The van der Waals surface area contributed by atoms with E-state index < -0.39 is 0 Å². The number of benzene rings is 2. The molecule has 2 saturated heterocycles. The van der Waals surface area contributed by atoms with Crippen LogP contribution in [0.2, 0.25) is 0 Å². The Labute approximate surface area is 181 Å². The maximum Gasteiger partial charge on any atom is 0.258 e. The van der Waals surface area contributed by atoms with Gasteiger partial charge in [0, 0.05) is 30.2 Å². The highest BCUT2D eigenvalue weighted by Crippen LogP contribution is 2.48. The molecule has 2 aromatic rings. The van der Waals surface area contributed by atoms with E-state index in [2.05, 4.69) is 40.5 Å². The lowest BCUT2D eigenvalue weighted by Crippen LogP contribution is -2.28. The maximum atomic E-state index is 12.3. The van der Waals surface area contributed by atoms with Gasteiger partial charge < -0.3 is 10.1 Å². The highest BCUT2D eigenvalue weighted by atomic mass is 32.2. The molecule has 0 radical (unpaired) electrons. The van der Waals surface area contributed by atoms with Crippen LogP contribution in [0.4, 0.5) is 0 Å². The molecule has 2 heterocycles. The summed E-state index contributed by atoms with van der Waals surface area (Å²) in [6, 6.07) is 16.6. The van der Waals surface area contributed by atoms with Gasteiger partial charge in [0.05, 0.1) is 4.58 Å². The SMILES string of the molecule is O=C(COc1ccccc1C1SCCS1)NCc1ccc(CN2CCCC2)cc1. The first-order chi connectivity index (χ1) is 14.3. The van der Waals surface area contributed by atoms with Crippen molar-refractivity contribution in [2.75, 3.05) is 31.2 Å². The van der Waals surface area contributed by atoms with Gasteiger partial charge in [0.1, 0.15) is 5.75 Å².